The highest BCUT2D eigenvalue weighted by molar-refractivity contribution is 5.89. The molecule has 0 spiro atoms. The zero-order valence-corrected chi connectivity index (χ0v) is 15.3. The third kappa shape index (κ3) is 4.04. The third-order valence-electron chi connectivity index (χ3n) is 4.56. The minimum Gasteiger partial charge on any atom is -0.478 e. The molecule has 3 aromatic carbocycles. The van der Waals surface area contributed by atoms with Gasteiger partial charge in [-0.2, -0.15) is 0 Å². The van der Waals surface area contributed by atoms with Crippen LogP contribution in [0.3, 0.4) is 0 Å². The van der Waals surface area contributed by atoms with Crippen molar-refractivity contribution in [3.05, 3.63) is 83.9 Å². The minimum absolute atomic E-state index is 0.209. The summed E-state index contributed by atoms with van der Waals surface area (Å²) in [4.78, 5) is 15.6. The highest BCUT2D eigenvalue weighted by Gasteiger charge is 2.11. The number of benzene rings is 3. The van der Waals surface area contributed by atoms with E-state index in [0.717, 1.165) is 30.6 Å². The second-order valence-corrected chi connectivity index (χ2v) is 6.60. The monoisotopic (exact) mass is 372 g/mol. The number of oxazole rings is 1. The maximum absolute atomic E-state index is 11.2. The van der Waals surface area contributed by atoms with E-state index in [2.05, 4.69) is 34.6 Å². The Bertz CT molecular complexity index is 1100. The predicted molar refractivity (Wildman–Crippen MR) is 110 cm³/mol. The second-order valence-electron chi connectivity index (χ2n) is 6.60. The summed E-state index contributed by atoms with van der Waals surface area (Å²) < 4.78 is 5.86. The van der Waals surface area contributed by atoms with Gasteiger partial charge in [-0.05, 0) is 48.7 Å². The van der Waals surface area contributed by atoms with E-state index in [1.165, 1.54) is 5.56 Å². The molecule has 28 heavy (non-hydrogen) atoms. The Balaban J connectivity index is 1.44. The molecule has 0 saturated heterocycles. The first-order valence-corrected chi connectivity index (χ1v) is 9.21. The average molecular weight is 372 g/mol. The Kier molecular flexibility index (Phi) is 5.06. The van der Waals surface area contributed by atoms with Gasteiger partial charge in [0, 0.05) is 23.9 Å². The maximum atomic E-state index is 11.2. The number of carboxylic acids is 1. The third-order valence-corrected chi connectivity index (χ3v) is 4.56. The van der Waals surface area contributed by atoms with Gasteiger partial charge in [-0.3, -0.25) is 0 Å². The molecule has 0 bridgehead atoms. The molecule has 0 aliphatic heterocycles. The van der Waals surface area contributed by atoms with Crippen molar-refractivity contribution in [3.63, 3.8) is 0 Å². The van der Waals surface area contributed by atoms with Crippen molar-refractivity contribution in [1.82, 2.24) is 4.98 Å². The summed E-state index contributed by atoms with van der Waals surface area (Å²) in [5.74, 6) is -0.556. The highest BCUT2D eigenvalue weighted by atomic mass is 16.4. The van der Waals surface area contributed by atoms with Crippen LogP contribution >= 0.6 is 0 Å². The summed E-state index contributed by atoms with van der Waals surface area (Å²) in [5, 5.41) is 12.6. The van der Waals surface area contributed by atoms with Crippen molar-refractivity contribution in [2.45, 2.75) is 12.8 Å². The molecule has 2 N–H and O–H groups in total. The van der Waals surface area contributed by atoms with E-state index in [1.54, 1.807) is 24.3 Å². The maximum Gasteiger partial charge on any atom is 0.335 e. The van der Waals surface area contributed by atoms with E-state index in [9.17, 15) is 4.79 Å². The summed E-state index contributed by atoms with van der Waals surface area (Å²) in [6.45, 7) is 0.863. The number of nitrogens with one attached hydrogen (secondary N) is 1. The van der Waals surface area contributed by atoms with Crippen LogP contribution in [0, 0.1) is 0 Å². The molecule has 4 rings (SSSR count). The van der Waals surface area contributed by atoms with Crippen LogP contribution in [-0.2, 0) is 6.42 Å². The van der Waals surface area contributed by atoms with E-state index in [1.807, 2.05) is 24.3 Å². The Morgan fingerprint density at radius 1 is 1.00 bits per heavy atom. The molecule has 1 aromatic heterocycles. The van der Waals surface area contributed by atoms with Gasteiger partial charge in [0.15, 0.2) is 5.58 Å². The number of hydrogen-bond acceptors (Lipinski definition) is 4. The van der Waals surface area contributed by atoms with E-state index in [0.29, 0.717) is 17.0 Å². The topological polar surface area (TPSA) is 75.4 Å². The smallest absolute Gasteiger partial charge is 0.335 e. The first kappa shape index (κ1) is 17.8. The lowest BCUT2D eigenvalue weighted by Gasteiger charge is -2.06. The molecule has 4 aromatic rings. The number of rotatable bonds is 7. The van der Waals surface area contributed by atoms with Gasteiger partial charge in [0.25, 0.3) is 0 Å². The molecule has 0 atom stereocenters. The van der Waals surface area contributed by atoms with E-state index in [-0.39, 0.29) is 5.56 Å². The van der Waals surface area contributed by atoms with Gasteiger partial charge < -0.3 is 14.8 Å². The van der Waals surface area contributed by atoms with Crippen LogP contribution in [0.1, 0.15) is 22.3 Å². The first-order chi connectivity index (χ1) is 13.7. The summed E-state index contributed by atoms with van der Waals surface area (Å²) in [6, 6.07) is 22.8. The molecule has 0 amide bonds. The van der Waals surface area contributed by atoms with Gasteiger partial charge >= 0.3 is 5.97 Å². The zero-order chi connectivity index (χ0) is 19.3. The molecule has 5 nitrogen and oxygen atoms in total. The zero-order valence-electron chi connectivity index (χ0n) is 15.3. The summed E-state index contributed by atoms with van der Waals surface area (Å²) in [7, 11) is 0. The fourth-order valence-electron chi connectivity index (χ4n) is 3.11. The molecule has 0 saturated carbocycles. The standard InChI is InChI=1S/C23H20N2O3/c26-23(27)18-10-4-9-17(14-18)22-25-20-12-11-19(15-21(20)28-22)24-13-5-8-16-6-2-1-3-7-16/h1-4,6-7,9-12,14-15,24H,5,8,13H2,(H,26,27). The van der Waals surface area contributed by atoms with Crippen LogP contribution in [-0.4, -0.2) is 22.6 Å². The fourth-order valence-corrected chi connectivity index (χ4v) is 3.11. The van der Waals surface area contributed by atoms with Crippen LogP contribution < -0.4 is 5.32 Å². The van der Waals surface area contributed by atoms with Crippen molar-refractivity contribution in [3.8, 4) is 11.5 Å². The number of aryl methyl sites for hydroxylation is 1. The molecule has 0 aliphatic carbocycles. The average Bonchev–Trinajstić information content (AvgIpc) is 3.15. The Labute approximate surface area is 162 Å². The number of fused-ring (bicyclic) bond motifs is 1. The number of carboxylic acid groups (broad SMARTS) is 1. The van der Waals surface area contributed by atoms with Crippen molar-refractivity contribution < 1.29 is 14.3 Å². The fraction of sp³-hybridized carbons (Fsp3) is 0.130. The molecule has 0 aliphatic rings. The molecular weight excluding hydrogens is 352 g/mol. The van der Waals surface area contributed by atoms with Crippen LogP contribution in [0.25, 0.3) is 22.6 Å². The Morgan fingerprint density at radius 3 is 2.68 bits per heavy atom. The Hall–Kier alpha value is -3.60. The Morgan fingerprint density at radius 2 is 1.86 bits per heavy atom. The summed E-state index contributed by atoms with van der Waals surface area (Å²) in [6.07, 6.45) is 2.06. The van der Waals surface area contributed by atoms with Crippen LogP contribution in [0.4, 0.5) is 5.69 Å². The highest BCUT2D eigenvalue weighted by Crippen LogP contribution is 2.27. The van der Waals surface area contributed by atoms with Crippen molar-refractivity contribution in [2.24, 2.45) is 0 Å². The van der Waals surface area contributed by atoms with Gasteiger partial charge in [0.2, 0.25) is 5.89 Å². The molecule has 0 unspecified atom stereocenters. The van der Waals surface area contributed by atoms with Crippen LogP contribution in [0.15, 0.2) is 77.2 Å². The SMILES string of the molecule is O=C(O)c1cccc(-c2nc3ccc(NCCCc4ccccc4)cc3o2)c1. The van der Waals surface area contributed by atoms with Crippen molar-refractivity contribution in [1.29, 1.82) is 0 Å². The van der Waals surface area contributed by atoms with Gasteiger partial charge in [-0.1, -0.05) is 36.4 Å². The quantitative estimate of drug-likeness (QED) is 0.434. The molecule has 1 heterocycles. The normalized spacial score (nSPS) is 10.9. The van der Waals surface area contributed by atoms with E-state index < -0.39 is 5.97 Å². The van der Waals surface area contributed by atoms with Crippen molar-refractivity contribution >= 4 is 22.8 Å². The van der Waals surface area contributed by atoms with Crippen molar-refractivity contribution in [2.75, 3.05) is 11.9 Å². The summed E-state index contributed by atoms with van der Waals surface area (Å²) in [5.41, 5.74) is 4.58. The number of nitrogens with zero attached hydrogens (tertiary/aromatic N) is 1. The van der Waals surface area contributed by atoms with Gasteiger partial charge in [-0.25, -0.2) is 9.78 Å². The van der Waals surface area contributed by atoms with Gasteiger partial charge in [-0.15, -0.1) is 0 Å². The molecule has 0 radical (unpaired) electrons. The number of carbonyl (C=O) groups is 1. The number of aromatic nitrogens is 1. The lowest BCUT2D eigenvalue weighted by atomic mass is 10.1. The first-order valence-electron chi connectivity index (χ1n) is 9.21. The molecule has 0 fully saturated rings. The number of hydrogen-bond donors (Lipinski definition) is 2. The van der Waals surface area contributed by atoms with E-state index in [4.69, 9.17) is 9.52 Å². The number of aromatic carboxylic acids is 1. The molecular formula is C23H20N2O3. The number of anilines is 1. The lowest BCUT2D eigenvalue weighted by Crippen LogP contribution is -2.02. The molecule has 5 heteroatoms. The van der Waals surface area contributed by atoms with E-state index >= 15 is 0 Å². The van der Waals surface area contributed by atoms with Gasteiger partial charge in [0.05, 0.1) is 5.56 Å². The summed E-state index contributed by atoms with van der Waals surface area (Å²) >= 11 is 0. The van der Waals surface area contributed by atoms with Gasteiger partial charge in [0.1, 0.15) is 5.52 Å². The predicted octanol–water partition coefficient (Wildman–Crippen LogP) is 5.24. The van der Waals surface area contributed by atoms with Crippen LogP contribution in [0.2, 0.25) is 0 Å². The lowest BCUT2D eigenvalue weighted by molar-refractivity contribution is 0.0697. The largest absolute Gasteiger partial charge is 0.478 e. The minimum atomic E-state index is -0.972. The molecule has 140 valence electrons. The second kappa shape index (κ2) is 7.96. The van der Waals surface area contributed by atoms with Crippen LogP contribution in [0.5, 0.6) is 0 Å².